The highest BCUT2D eigenvalue weighted by Gasteiger charge is 2.29. The zero-order valence-corrected chi connectivity index (χ0v) is 15.8. The van der Waals surface area contributed by atoms with Crippen LogP contribution in [-0.2, 0) is 19.1 Å². The van der Waals surface area contributed by atoms with E-state index < -0.39 is 23.8 Å². The monoisotopic (exact) mass is 414 g/mol. The summed E-state index contributed by atoms with van der Waals surface area (Å²) >= 11 is 6.55. The maximum absolute atomic E-state index is 13.1. The van der Waals surface area contributed by atoms with Gasteiger partial charge in [-0.1, -0.05) is 29.4 Å². The van der Waals surface area contributed by atoms with E-state index in [9.17, 15) is 23.6 Å². The number of nitrogens with one attached hydrogen (secondary N) is 1. The summed E-state index contributed by atoms with van der Waals surface area (Å²) in [6.45, 7) is 1.50. The minimum atomic E-state index is -1.07. The van der Waals surface area contributed by atoms with Crippen LogP contribution in [-0.4, -0.2) is 52.9 Å². The first-order valence-corrected chi connectivity index (χ1v) is 9.23. The number of hydrogen-bond acceptors (Lipinski definition) is 6. The van der Waals surface area contributed by atoms with Crippen LogP contribution in [0.5, 0.6) is 0 Å². The van der Waals surface area contributed by atoms with Crippen LogP contribution in [0, 0.1) is 5.82 Å². The second kappa shape index (κ2) is 9.52. The van der Waals surface area contributed by atoms with Gasteiger partial charge in [-0.3, -0.25) is 19.3 Å². The second-order valence-corrected chi connectivity index (χ2v) is 6.81. The van der Waals surface area contributed by atoms with Crippen molar-refractivity contribution in [1.29, 1.82) is 0 Å². The highest BCUT2D eigenvalue weighted by Crippen LogP contribution is 2.18. The molecule has 1 saturated heterocycles. The molecule has 1 aromatic carbocycles. The number of halogens is 2. The molecule has 0 bridgehead atoms. The Morgan fingerprint density at radius 3 is 2.81 bits per heavy atom. The molecule has 2 rings (SSSR count). The first-order valence-electron chi connectivity index (χ1n) is 7.86. The third-order valence-electron chi connectivity index (χ3n) is 3.49. The molecule has 10 heteroatoms. The number of carbonyl (C=O) groups is 4. The number of thioether (sulfide) groups is 1. The molecular weight excluding hydrogens is 399 g/mol. The van der Waals surface area contributed by atoms with Gasteiger partial charge < -0.3 is 10.1 Å². The van der Waals surface area contributed by atoms with Crippen LogP contribution in [0.4, 0.5) is 9.18 Å². The zero-order valence-electron chi connectivity index (χ0n) is 14.2. The number of esters is 1. The third kappa shape index (κ3) is 6.07. The second-order valence-electron chi connectivity index (χ2n) is 5.48. The molecule has 1 fully saturated rings. The van der Waals surface area contributed by atoms with Crippen LogP contribution in [0.2, 0.25) is 5.02 Å². The van der Waals surface area contributed by atoms with Gasteiger partial charge in [-0.05, 0) is 30.7 Å². The van der Waals surface area contributed by atoms with E-state index in [2.05, 4.69) is 5.32 Å². The Balaban J connectivity index is 1.76. The summed E-state index contributed by atoms with van der Waals surface area (Å²) in [6.07, 6.45) is 1.39. The highest BCUT2D eigenvalue weighted by molar-refractivity contribution is 8.14. The van der Waals surface area contributed by atoms with E-state index in [0.717, 1.165) is 28.8 Å². The van der Waals surface area contributed by atoms with Crippen molar-refractivity contribution in [3.05, 3.63) is 40.7 Å². The van der Waals surface area contributed by atoms with Crippen LogP contribution in [0.3, 0.4) is 0 Å². The van der Waals surface area contributed by atoms with Crippen molar-refractivity contribution in [3.8, 4) is 0 Å². The van der Waals surface area contributed by atoms with Crippen LogP contribution in [0.15, 0.2) is 24.3 Å². The van der Waals surface area contributed by atoms with Gasteiger partial charge in [0.15, 0.2) is 6.10 Å². The van der Waals surface area contributed by atoms with Crippen LogP contribution < -0.4 is 5.32 Å². The van der Waals surface area contributed by atoms with E-state index in [4.69, 9.17) is 16.3 Å². The van der Waals surface area contributed by atoms with Crippen molar-refractivity contribution in [3.63, 3.8) is 0 Å². The zero-order chi connectivity index (χ0) is 20.0. The number of hydrogen-bond donors (Lipinski definition) is 1. The molecule has 0 spiro atoms. The number of ether oxygens (including phenoxy) is 1. The first kappa shape index (κ1) is 20.9. The number of imide groups is 1. The van der Waals surface area contributed by atoms with Crippen molar-refractivity contribution in [1.82, 2.24) is 10.2 Å². The maximum atomic E-state index is 13.1. The van der Waals surface area contributed by atoms with Gasteiger partial charge in [-0.15, -0.1) is 0 Å². The lowest BCUT2D eigenvalue weighted by Gasteiger charge is -2.15. The van der Waals surface area contributed by atoms with Crippen molar-refractivity contribution in [2.45, 2.75) is 13.0 Å². The lowest BCUT2D eigenvalue weighted by molar-refractivity contribution is -0.150. The maximum Gasteiger partial charge on any atom is 0.331 e. The SMILES string of the molecule is C[C@H](OC(=O)/C=C/c1ccc(F)c(Cl)c1)C(=O)NCCN1C(=O)CSC1=O. The smallest absolute Gasteiger partial charge is 0.331 e. The van der Waals surface area contributed by atoms with Gasteiger partial charge in [-0.25, -0.2) is 9.18 Å². The fourth-order valence-corrected chi connectivity index (χ4v) is 3.02. The highest BCUT2D eigenvalue weighted by atomic mass is 35.5. The Morgan fingerprint density at radius 2 is 2.19 bits per heavy atom. The van der Waals surface area contributed by atoms with Crippen molar-refractivity contribution < 1.29 is 28.3 Å². The van der Waals surface area contributed by atoms with E-state index in [1.165, 1.54) is 25.1 Å². The molecule has 0 saturated carbocycles. The van der Waals surface area contributed by atoms with Gasteiger partial charge in [0.2, 0.25) is 5.91 Å². The molecule has 0 aromatic heterocycles. The van der Waals surface area contributed by atoms with Crippen LogP contribution in [0.1, 0.15) is 12.5 Å². The Bertz CT molecular complexity index is 786. The fraction of sp³-hybridized carbons (Fsp3) is 0.294. The minimum Gasteiger partial charge on any atom is -0.449 e. The van der Waals surface area contributed by atoms with Gasteiger partial charge in [-0.2, -0.15) is 0 Å². The molecule has 1 aliphatic heterocycles. The van der Waals surface area contributed by atoms with Gasteiger partial charge in [0.1, 0.15) is 5.82 Å². The average Bonchev–Trinajstić information content (AvgIpc) is 2.94. The summed E-state index contributed by atoms with van der Waals surface area (Å²) in [5.74, 6) is -2.10. The van der Waals surface area contributed by atoms with Crippen molar-refractivity contribution in [2.24, 2.45) is 0 Å². The van der Waals surface area contributed by atoms with Crippen molar-refractivity contribution >= 4 is 52.5 Å². The summed E-state index contributed by atoms with van der Waals surface area (Å²) < 4.78 is 18.0. The quantitative estimate of drug-likeness (QED) is 0.543. The summed E-state index contributed by atoms with van der Waals surface area (Å²) in [5.41, 5.74) is 0.494. The van der Waals surface area contributed by atoms with E-state index >= 15 is 0 Å². The van der Waals surface area contributed by atoms with E-state index in [0.29, 0.717) is 5.56 Å². The number of amides is 3. The molecule has 7 nitrogen and oxygen atoms in total. The predicted molar refractivity (Wildman–Crippen MR) is 98.6 cm³/mol. The van der Waals surface area contributed by atoms with E-state index in [1.807, 2.05) is 0 Å². The summed E-state index contributed by atoms with van der Waals surface area (Å²) in [5, 5.41) is 2.06. The average molecular weight is 415 g/mol. The van der Waals surface area contributed by atoms with Gasteiger partial charge in [0.25, 0.3) is 11.1 Å². The fourth-order valence-electron chi connectivity index (χ4n) is 2.08. The Labute approximate surface area is 163 Å². The van der Waals surface area contributed by atoms with Gasteiger partial charge in [0, 0.05) is 19.2 Å². The summed E-state index contributed by atoms with van der Waals surface area (Å²) in [6, 6.07) is 3.94. The molecule has 0 aliphatic carbocycles. The predicted octanol–water partition coefficient (Wildman–Crippen LogP) is 2.24. The first-order chi connectivity index (χ1) is 12.8. The summed E-state index contributed by atoms with van der Waals surface area (Å²) in [7, 11) is 0. The number of rotatable bonds is 7. The molecule has 27 heavy (non-hydrogen) atoms. The summed E-state index contributed by atoms with van der Waals surface area (Å²) in [4.78, 5) is 47.6. The largest absolute Gasteiger partial charge is 0.449 e. The molecule has 1 atom stereocenters. The Kier molecular flexibility index (Phi) is 7.37. The van der Waals surface area contributed by atoms with Gasteiger partial charge >= 0.3 is 5.97 Å². The lowest BCUT2D eigenvalue weighted by Crippen LogP contribution is -2.41. The standard InChI is InChI=1S/C17H16ClFN2O5S/c1-10(16(24)20-6-7-21-14(22)9-27-17(21)25)26-15(23)5-3-11-2-4-13(19)12(18)8-11/h2-5,8,10H,6-7,9H2,1H3,(H,20,24)/b5-3+/t10-/m0/s1. The molecule has 144 valence electrons. The van der Waals surface area contributed by atoms with E-state index in [-0.39, 0.29) is 35.0 Å². The molecule has 1 N–H and O–H groups in total. The molecule has 1 aliphatic rings. The van der Waals surface area contributed by atoms with E-state index in [1.54, 1.807) is 0 Å². The Morgan fingerprint density at radius 1 is 1.44 bits per heavy atom. The normalized spacial score (nSPS) is 15.3. The molecule has 1 heterocycles. The van der Waals surface area contributed by atoms with Crippen LogP contribution >= 0.6 is 23.4 Å². The molecule has 0 radical (unpaired) electrons. The number of benzene rings is 1. The van der Waals surface area contributed by atoms with Crippen molar-refractivity contribution in [2.75, 3.05) is 18.8 Å². The molecule has 3 amide bonds. The molecule has 1 aromatic rings. The third-order valence-corrected chi connectivity index (χ3v) is 4.64. The Hall–Kier alpha value is -2.39. The topological polar surface area (TPSA) is 92.8 Å². The van der Waals surface area contributed by atoms with Gasteiger partial charge in [0.05, 0.1) is 10.8 Å². The number of carbonyl (C=O) groups excluding carboxylic acids is 4. The molecule has 0 unspecified atom stereocenters. The number of nitrogens with zero attached hydrogens (tertiary/aromatic N) is 1. The lowest BCUT2D eigenvalue weighted by atomic mass is 10.2. The van der Waals surface area contributed by atoms with Crippen LogP contribution in [0.25, 0.3) is 6.08 Å². The molecular formula is C17H16ClFN2O5S. The minimum absolute atomic E-state index is 0.0578.